The summed E-state index contributed by atoms with van der Waals surface area (Å²) >= 11 is 0. The highest BCUT2D eigenvalue weighted by atomic mass is 32.2. The van der Waals surface area contributed by atoms with Crippen molar-refractivity contribution in [2.45, 2.75) is 44.1 Å². The van der Waals surface area contributed by atoms with Gasteiger partial charge in [0.05, 0.1) is 6.26 Å². The van der Waals surface area contributed by atoms with E-state index in [2.05, 4.69) is 4.90 Å². The second-order valence-corrected chi connectivity index (χ2v) is 9.77. The summed E-state index contributed by atoms with van der Waals surface area (Å²) < 4.78 is 25.0. The molecule has 1 heterocycles. The lowest BCUT2D eigenvalue weighted by molar-refractivity contribution is -0.0964. The minimum absolute atomic E-state index is 0.443. The van der Waals surface area contributed by atoms with Gasteiger partial charge in [-0.05, 0) is 56.3 Å². The van der Waals surface area contributed by atoms with E-state index in [0.29, 0.717) is 18.6 Å². The Balaban J connectivity index is 1.49. The van der Waals surface area contributed by atoms with Crippen molar-refractivity contribution in [3.05, 3.63) is 0 Å². The molecule has 4 saturated carbocycles. The van der Waals surface area contributed by atoms with Crippen LogP contribution in [0.4, 0.5) is 0 Å². The smallest absolute Gasteiger partial charge is 0.211 e. The van der Waals surface area contributed by atoms with Crippen molar-refractivity contribution in [2.24, 2.45) is 17.8 Å². The van der Waals surface area contributed by atoms with E-state index in [1.54, 1.807) is 4.31 Å². The van der Waals surface area contributed by atoms with E-state index in [0.717, 1.165) is 30.8 Å². The van der Waals surface area contributed by atoms with Crippen LogP contribution in [0.25, 0.3) is 0 Å². The molecule has 114 valence electrons. The first kappa shape index (κ1) is 13.5. The van der Waals surface area contributed by atoms with Gasteiger partial charge in [-0.1, -0.05) is 0 Å². The Morgan fingerprint density at radius 1 is 0.850 bits per heavy atom. The van der Waals surface area contributed by atoms with Gasteiger partial charge in [-0.3, -0.25) is 4.90 Å². The molecule has 0 aromatic carbocycles. The molecule has 5 fully saturated rings. The lowest BCUT2D eigenvalue weighted by atomic mass is 9.52. The molecule has 0 unspecified atom stereocenters. The predicted octanol–water partition coefficient (Wildman–Crippen LogP) is 1.53. The Morgan fingerprint density at radius 3 is 1.70 bits per heavy atom. The second-order valence-electron chi connectivity index (χ2n) is 7.79. The maximum Gasteiger partial charge on any atom is 0.211 e. The third kappa shape index (κ3) is 2.13. The third-order valence-electron chi connectivity index (χ3n) is 6.38. The molecule has 0 radical (unpaired) electrons. The summed E-state index contributed by atoms with van der Waals surface area (Å²) in [7, 11) is -3.00. The first-order chi connectivity index (χ1) is 9.45. The van der Waals surface area contributed by atoms with E-state index in [-0.39, 0.29) is 0 Å². The first-order valence-electron chi connectivity index (χ1n) is 8.15. The van der Waals surface area contributed by atoms with Gasteiger partial charge in [0.15, 0.2) is 0 Å². The fraction of sp³-hybridized carbons (Fsp3) is 1.00. The van der Waals surface area contributed by atoms with Crippen molar-refractivity contribution in [1.29, 1.82) is 0 Å². The minimum Gasteiger partial charge on any atom is -0.295 e. The Kier molecular flexibility index (Phi) is 3.00. The molecule has 1 aliphatic heterocycles. The number of sulfonamides is 1. The van der Waals surface area contributed by atoms with E-state index in [4.69, 9.17) is 0 Å². The van der Waals surface area contributed by atoms with Crippen LogP contribution in [0.15, 0.2) is 0 Å². The summed E-state index contributed by atoms with van der Waals surface area (Å²) in [6.45, 7) is 3.28. The second kappa shape index (κ2) is 4.43. The number of piperazine rings is 1. The van der Waals surface area contributed by atoms with Crippen LogP contribution in [0, 0.1) is 17.8 Å². The summed E-state index contributed by atoms with van der Waals surface area (Å²) in [4.78, 5) is 2.67. The monoisotopic (exact) mass is 298 g/mol. The maximum atomic E-state index is 11.6. The van der Waals surface area contributed by atoms with Crippen LogP contribution in [0.3, 0.4) is 0 Å². The van der Waals surface area contributed by atoms with Crippen molar-refractivity contribution >= 4 is 10.0 Å². The molecule has 4 aliphatic carbocycles. The predicted molar refractivity (Wildman–Crippen MR) is 78.9 cm³/mol. The molecule has 0 amide bonds. The minimum atomic E-state index is -3.00. The number of rotatable bonds is 2. The summed E-state index contributed by atoms with van der Waals surface area (Å²) in [5.41, 5.74) is 0.443. The largest absolute Gasteiger partial charge is 0.295 e. The highest BCUT2D eigenvalue weighted by molar-refractivity contribution is 7.88. The average molecular weight is 298 g/mol. The van der Waals surface area contributed by atoms with Crippen LogP contribution in [0.5, 0.6) is 0 Å². The lowest BCUT2D eigenvalue weighted by Gasteiger charge is -2.61. The van der Waals surface area contributed by atoms with Crippen LogP contribution < -0.4 is 0 Å². The molecule has 1 saturated heterocycles. The van der Waals surface area contributed by atoms with Gasteiger partial charge >= 0.3 is 0 Å². The number of hydrogen-bond acceptors (Lipinski definition) is 3. The third-order valence-corrected chi connectivity index (χ3v) is 7.69. The Morgan fingerprint density at radius 2 is 1.30 bits per heavy atom. The molecule has 0 spiro atoms. The summed E-state index contributed by atoms with van der Waals surface area (Å²) in [5.74, 6) is 2.90. The Labute approximate surface area is 122 Å². The molecule has 0 N–H and O–H groups in total. The van der Waals surface area contributed by atoms with E-state index < -0.39 is 10.0 Å². The van der Waals surface area contributed by atoms with Gasteiger partial charge in [0, 0.05) is 31.7 Å². The highest BCUT2D eigenvalue weighted by Crippen LogP contribution is 2.57. The molecule has 0 aromatic heterocycles. The van der Waals surface area contributed by atoms with Gasteiger partial charge in [0.2, 0.25) is 10.0 Å². The van der Waals surface area contributed by atoms with E-state index in [9.17, 15) is 8.42 Å². The lowest BCUT2D eigenvalue weighted by Crippen LogP contribution is -2.64. The van der Waals surface area contributed by atoms with E-state index >= 15 is 0 Å². The first-order valence-corrected chi connectivity index (χ1v) is 10.00. The van der Waals surface area contributed by atoms with Crippen LogP contribution in [-0.4, -0.2) is 55.6 Å². The van der Waals surface area contributed by atoms with Gasteiger partial charge in [-0.15, -0.1) is 0 Å². The quantitative estimate of drug-likeness (QED) is 0.776. The number of hydrogen-bond donors (Lipinski definition) is 0. The molecule has 0 atom stereocenters. The molecule has 0 aromatic rings. The summed E-state index contributed by atoms with van der Waals surface area (Å²) in [6, 6.07) is 0. The standard InChI is InChI=1S/C15H26N2O2S/c1-20(18,19)17-4-2-16(3-5-17)15-9-12-6-13(10-15)8-14(7-12)11-15/h12-14H,2-11H2,1H3. The summed E-state index contributed by atoms with van der Waals surface area (Å²) in [5, 5.41) is 0. The van der Waals surface area contributed by atoms with Gasteiger partial charge < -0.3 is 0 Å². The van der Waals surface area contributed by atoms with Crippen molar-refractivity contribution in [3.8, 4) is 0 Å². The SMILES string of the molecule is CS(=O)(=O)N1CCN(C23CC4CC(CC(C4)C2)C3)CC1. The molecule has 20 heavy (non-hydrogen) atoms. The van der Waals surface area contributed by atoms with Crippen molar-refractivity contribution in [1.82, 2.24) is 9.21 Å². The molecule has 4 bridgehead atoms. The number of nitrogens with zero attached hydrogens (tertiary/aromatic N) is 2. The zero-order valence-corrected chi connectivity index (χ0v) is 13.2. The fourth-order valence-corrected chi connectivity index (χ4v) is 6.77. The molecular formula is C15H26N2O2S. The topological polar surface area (TPSA) is 40.6 Å². The van der Waals surface area contributed by atoms with E-state index in [1.807, 2.05) is 0 Å². The van der Waals surface area contributed by atoms with Crippen molar-refractivity contribution in [2.75, 3.05) is 32.4 Å². The van der Waals surface area contributed by atoms with Crippen LogP contribution in [0.1, 0.15) is 38.5 Å². The fourth-order valence-electron chi connectivity index (χ4n) is 5.95. The van der Waals surface area contributed by atoms with Gasteiger partial charge in [-0.2, -0.15) is 4.31 Å². The van der Waals surface area contributed by atoms with Crippen LogP contribution >= 0.6 is 0 Å². The zero-order valence-electron chi connectivity index (χ0n) is 12.4. The molecule has 5 heteroatoms. The average Bonchev–Trinajstić information content (AvgIpc) is 2.36. The summed E-state index contributed by atoms with van der Waals surface area (Å²) in [6.07, 6.45) is 9.93. The molecule has 5 rings (SSSR count). The zero-order chi connectivity index (χ0) is 14.0. The Hall–Kier alpha value is -0.130. The highest BCUT2D eigenvalue weighted by Gasteiger charge is 2.53. The van der Waals surface area contributed by atoms with Gasteiger partial charge in [0.25, 0.3) is 0 Å². The molecular weight excluding hydrogens is 272 g/mol. The van der Waals surface area contributed by atoms with E-state index in [1.165, 1.54) is 44.8 Å². The Bertz CT molecular complexity index is 459. The van der Waals surface area contributed by atoms with Crippen LogP contribution in [0.2, 0.25) is 0 Å². The van der Waals surface area contributed by atoms with Gasteiger partial charge in [0.1, 0.15) is 0 Å². The normalized spacial score (nSPS) is 46.0. The van der Waals surface area contributed by atoms with Crippen LogP contribution in [-0.2, 0) is 10.0 Å². The molecule has 5 aliphatic rings. The van der Waals surface area contributed by atoms with Crippen molar-refractivity contribution < 1.29 is 8.42 Å². The maximum absolute atomic E-state index is 11.6. The molecule has 4 nitrogen and oxygen atoms in total. The van der Waals surface area contributed by atoms with Crippen molar-refractivity contribution in [3.63, 3.8) is 0 Å². The van der Waals surface area contributed by atoms with Gasteiger partial charge in [-0.25, -0.2) is 8.42 Å².